The van der Waals surface area contributed by atoms with Gasteiger partial charge in [0.15, 0.2) is 11.4 Å². The van der Waals surface area contributed by atoms with E-state index in [1.54, 1.807) is 28.4 Å². The molecule has 0 spiro atoms. The van der Waals surface area contributed by atoms with E-state index in [0.29, 0.717) is 11.6 Å². The number of nitrogens with zero attached hydrogens (tertiary/aromatic N) is 5. The predicted molar refractivity (Wildman–Crippen MR) is 83.9 cm³/mol. The Morgan fingerprint density at radius 3 is 3.18 bits per heavy atom. The van der Waals surface area contributed by atoms with E-state index < -0.39 is 0 Å². The molecule has 0 N–H and O–H groups in total. The van der Waals surface area contributed by atoms with E-state index >= 15 is 0 Å². The lowest BCUT2D eigenvalue weighted by Crippen LogP contribution is -2.25. The summed E-state index contributed by atoms with van der Waals surface area (Å²) in [6.07, 6.45) is 4.41. The van der Waals surface area contributed by atoms with Gasteiger partial charge in [0, 0.05) is 18.0 Å². The molecular formula is C15H13N5OS. The number of likely N-dealkylation sites (N-methyl/N-ethyl adjacent to an activating group) is 1. The second-order valence-electron chi connectivity index (χ2n) is 5.60. The van der Waals surface area contributed by atoms with Crippen LogP contribution < -0.4 is 0 Å². The summed E-state index contributed by atoms with van der Waals surface area (Å²) in [6.45, 7) is 2.06. The van der Waals surface area contributed by atoms with Gasteiger partial charge in [-0.1, -0.05) is 0 Å². The van der Waals surface area contributed by atoms with Gasteiger partial charge in [0.2, 0.25) is 5.82 Å². The Balaban J connectivity index is 1.80. The van der Waals surface area contributed by atoms with E-state index in [9.17, 15) is 0 Å². The minimum absolute atomic E-state index is 0.604. The van der Waals surface area contributed by atoms with Crippen LogP contribution in [-0.2, 0) is 13.0 Å². The fraction of sp³-hybridized carbons (Fsp3) is 0.267. The van der Waals surface area contributed by atoms with Crippen LogP contribution in [0.25, 0.3) is 27.4 Å². The van der Waals surface area contributed by atoms with Crippen molar-refractivity contribution in [3.8, 4) is 11.6 Å². The molecule has 4 aromatic rings. The van der Waals surface area contributed by atoms with Gasteiger partial charge in [0.25, 0.3) is 0 Å². The van der Waals surface area contributed by atoms with Crippen molar-refractivity contribution in [2.75, 3.05) is 13.6 Å². The standard InChI is InChI=1S/C15H13N5OS/c1-19-5-4-9-11(7-19)22-15-12(9)14-17-13(10-3-2-6-21-10)18-20(14)8-16-15/h2-3,6,8H,4-5,7H2,1H3. The van der Waals surface area contributed by atoms with Crippen molar-refractivity contribution in [1.82, 2.24) is 24.5 Å². The number of thiophene rings is 1. The Morgan fingerprint density at radius 2 is 2.32 bits per heavy atom. The Morgan fingerprint density at radius 1 is 1.36 bits per heavy atom. The van der Waals surface area contributed by atoms with Crippen LogP contribution in [0, 0.1) is 0 Å². The van der Waals surface area contributed by atoms with Crippen molar-refractivity contribution in [2.24, 2.45) is 0 Å². The molecule has 0 amide bonds. The third-order valence-electron chi connectivity index (χ3n) is 4.11. The zero-order valence-electron chi connectivity index (χ0n) is 12.0. The van der Waals surface area contributed by atoms with Crippen LogP contribution in [-0.4, -0.2) is 38.1 Å². The first-order valence-electron chi connectivity index (χ1n) is 7.17. The average Bonchev–Trinajstić information content (AvgIpc) is 3.22. The second kappa shape index (κ2) is 4.37. The fourth-order valence-corrected chi connectivity index (χ4v) is 4.29. The summed E-state index contributed by atoms with van der Waals surface area (Å²) in [4.78, 5) is 14.0. The summed E-state index contributed by atoms with van der Waals surface area (Å²) >= 11 is 1.77. The van der Waals surface area contributed by atoms with Gasteiger partial charge in [-0.05, 0) is 31.2 Å². The van der Waals surface area contributed by atoms with Crippen molar-refractivity contribution in [3.05, 3.63) is 35.2 Å². The number of hydrogen-bond donors (Lipinski definition) is 0. The molecule has 0 radical (unpaired) electrons. The maximum atomic E-state index is 5.41. The Kier molecular flexibility index (Phi) is 2.45. The maximum absolute atomic E-state index is 5.41. The van der Waals surface area contributed by atoms with Gasteiger partial charge in [-0.3, -0.25) is 0 Å². The quantitative estimate of drug-likeness (QED) is 0.541. The molecule has 0 fully saturated rings. The number of aromatic nitrogens is 4. The highest BCUT2D eigenvalue weighted by molar-refractivity contribution is 7.19. The molecule has 0 aliphatic carbocycles. The summed E-state index contributed by atoms with van der Waals surface area (Å²) in [6, 6.07) is 3.72. The summed E-state index contributed by atoms with van der Waals surface area (Å²) < 4.78 is 7.16. The Bertz CT molecular complexity index is 985. The third-order valence-corrected chi connectivity index (χ3v) is 5.23. The average molecular weight is 311 g/mol. The van der Waals surface area contributed by atoms with E-state index in [0.717, 1.165) is 35.4 Å². The lowest BCUT2D eigenvalue weighted by molar-refractivity contribution is 0.318. The third kappa shape index (κ3) is 1.66. The van der Waals surface area contributed by atoms with Crippen LogP contribution in [0.1, 0.15) is 10.4 Å². The number of fused-ring (bicyclic) bond motifs is 5. The SMILES string of the molecule is CN1CCc2c(sc3ncn4nc(-c5ccco5)nc4c23)C1. The molecule has 0 aromatic carbocycles. The van der Waals surface area contributed by atoms with Crippen molar-refractivity contribution in [2.45, 2.75) is 13.0 Å². The zero-order valence-corrected chi connectivity index (χ0v) is 12.8. The minimum atomic E-state index is 0.604. The largest absolute Gasteiger partial charge is 0.461 e. The molecule has 5 rings (SSSR count). The molecule has 4 aromatic heterocycles. The molecule has 110 valence electrons. The summed E-state index contributed by atoms with van der Waals surface area (Å²) in [5, 5.41) is 5.65. The van der Waals surface area contributed by atoms with Gasteiger partial charge in [0.05, 0.1) is 11.6 Å². The van der Waals surface area contributed by atoms with E-state index in [1.807, 2.05) is 12.1 Å². The Labute approximate surface area is 130 Å². The highest BCUT2D eigenvalue weighted by Crippen LogP contribution is 2.35. The van der Waals surface area contributed by atoms with Gasteiger partial charge < -0.3 is 9.32 Å². The molecule has 0 saturated heterocycles. The van der Waals surface area contributed by atoms with Crippen molar-refractivity contribution < 1.29 is 4.42 Å². The zero-order chi connectivity index (χ0) is 14.7. The predicted octanol–water partition coefficient (Wildman–Crippen LogP) is 2.59. The molecule has 22 heavy (non-hydrogen) atoms. The lowest BCUT2D eigenvalue weighted by atomic mass is 10.1. The van der Waals surface area contributed by atoms with Crippen molar-refractivity contribution in [1.29, 1.82) is 0 Å². The first-order valence-corrected chi connectivity index (χ1v) is 7.99. The van der Waals surface area contributed by atoms with Crippen molar-refractivity contribution >= 4 is 27.2 Å². The van der Waals surface area contributed by atoms with E-state index in [1.165, 1.54) is 10.4 Å². The molecule has 1 aliphatic rings. The van der Waals surface area contributed by atoms with E-state index in [2.05, 4.69) is 22.0 Å². The normalized spacial score (nSPS) is 15.7. The second-order valence-corrected chi connectivity index (χ2v) is 6.68. The molecule has 0 saturated carbocycles. The van der Waals surface area contributed by atoms with Crippen LogP contribution in [0.4, 0.5) is 0 Å². The van der Waals surface area contributed by atoms with Crippen LogP contribution in [0.3, 0.4) is 0 Å². The first kappa shape index (κ1) is 12.3. The molecule has 6 nitrogen and oxygen atoms in total. The van der Waals surface area contributed by atoms with Crippen LogP contribution in [0.2, 0.25) is 0 Å². The molecule has 7 heteroatoms. The molecule has 0 bridgehead atoms. The molecule has 0 atom stereocenters. The summed E-state index contributed by atoms with van der Waals surface area (Å²) in [5.41, 5.74) is 2.26. The monoisotopic (exact) mass is 311 g/mol. The summed E-state index contributed by atoms with van der Waals surface area (Å²) in [7, 11) is 2.16. The molecule has 1 aliphatic heterocycles. The smallest absolute Gasteiger partial charge is 0.217 e. The maximum Gasteiger partial charge on any atom is 0.217 e. The van der Waals surface area contributed by atoms with Gasteiger partial charge in [0.1, 0.15) is 11.2 Å². The van der Waals surface area contributed by atoms with E-state index in [4.69, 9.17) is 9.40 Å². The lowest BCUT2D eigenvalue weighted by Gasteiger charge is -2.21. The molecule has 5 heterocycles. The van der Waals surface area contributed by atoms with Gasteiger partial charge in [-0.15, -0.1) is 16.4 Å². The van der Waals surface area contributed by atoms with Gasteiger partial charge in [-0.25, -0.2) is 14.5 Å². The molecule has 0 unspecified atom stereocenters. The van der Waals surface area contributed by atoms with Crippen LogP contribution >= 0.6 is 11.3 Å². The topological polar surface area (TPSA) is 59.5 Å². The summed E-state index contributed by atoms with van der Waals surface area (Å²) in [5.74, 6) is 1.29. The van der Waals surface area contributed by atoms with Gasteiger partial charge >= 0.3 is 0 Å². The van der Waals surface area contributed by atoms with Crippen molar-refractivity contribution in [3.63, 3.8) is 0 Å². The number of rotatable bonds is 1. The first-order chi connectivity index (χ1) is 10.8. The number of hydrogen-bond acceptors (Lipinski definition) is 6. The van der Waals surface area contributed by atoms with Crippen LogP contribution in [0.15, 0.2) is 29.1 Å². The van der Waals surface area contributed by atoms with Gasteiger partial charge in [-0.2, -0.15) is 0 Å². The highest BCUT2D eigenvalue weighted by atomic mass is 32.1. The molecular weight excluding hydrogens is 298 g/mol. The number of furan rings is 1. The van der Waals surface area contributed by atoms with Crippen LogP contribution in [0.5, 0.6) is 0 Å². The highest BCUT2D eigenvalue weighted by Gasteiger charge is 2.23. The minimum Gasteiger partial charge on any atom is -0.461 e. The van der Waals surface area contributed by atoms with E-state index in [-0.39, 0.29) is 0 Å². The fourth-order valence-electron chi connectivity index (χ4n) is 3.03. The Hall–Kier alpha value is -2.25.